The van der Waals surface area contributed by atoms with Gasteiger partial charge in [-0.05, 0) is 6.92 Å². The van der Waals surface area contributed by atoms with E-state index in [1.165, 1.54) is 6.20 Å². The number of hydrogen-bond acceptors (Lipinski definition) is 5. The molecule has 1 unspecified atom stereocenters. The van der Waals surface area contributed by atoms with Crippen LogP contribution in [0.2, 0.25) is 5.02 Å². The summed E-state index contributed by atoms with van der Waals surface area (Å²) in [6.45, 7) is 9.08. The van der Waals surface area contributed by atoms with Gasteiger partial charge in [-0.3, -0.25) is 9.69 Å². The van der Waals surface area contributed by atoms with Crippen molar-refractivity contribution in [3.05, 3.63) is 22.7 Å². The summed E-state index contributed by atoms with van der Waals surface area (Å²) in [7, 11) is 0. The van der Waals surface area contributed by atoms with Crippen molar-refractivity contribution in [3.8, 4) is 0 Å². The smallest absolute Gasteiger partial charge is 0.274 e. The van der Waals surface area contributed by atoms with Crippen LogP contribution < -0.4 is 0 Å². The van der Waals surface area contributed by atoms with Gasteiger partial charge >= 0.3 is 0 Å². The third-order valence-electron chi connectivity index (χ3n) is 3.66. The molecule has 1 aromatic heterocycles. The number of piperazine rings is 1. The monoisotopic (exact) mass is 326 g/mol. The van der Waals surface area contributed by atoms with Gasteiger partial charge < -0.3 is 10.0 Å². The van der Waals surface area contributed by atoms with Crippen LogP contribution in [0.3, 0.4) is 0 Å². The zero-order valence-electron chi connectivity index (χ0n) is 13.3. The van der Waals surface area contributed by atoms with Crippen LogP contribution in [0.1, 0.15) is 43.0 Å². The Bertz CT molecular complexity index is 528. The second-order valence-electron chi connectivity index (χ2n) is 6.02. The Balaban J connectivity index is 2.05. The Hall–Kier alpha value is -1.24. The van der Waals surface area contributed by atoms with Crippen molar-refractivity contribution in [2.75, 3.05) is 32.7 Å². The number of rotatable bonds is 4. The lowest BCUT2D eigenvalue weighted by atomic mass is 10.2. The fourth-order valence-electron chi connectivity index (χ4n) is 2.47. The number of β-amino-alcohol motifs (C(OH)–C–C–N with tert-alkyl or cyclic N) is 1. The molecule has 6 nitrogen and oxygen atoms in total. The molecule has 0 aromatic carbocycles. The third kappa shape index (κ3) is 4.15. The number of carbonyl (C=O) groups is 1. The van der Waals surface area contributed by atoms with E-state index in [2.05, 4.69) is 14.9 Å². The van der Waals surface area contributed by atoms with E-state index < -0.39 is 0 Å². The van der Waals surface area contributed by atoms with Gasteiger partial charge in [-0.25, -0.2) is 9.97 Å². The second kappa shape index (κ2) is 7.35. The molecule has 0 bridgehead atoms. The number of aliphatic hydroxyl groups is 1. The molecule has 1 atom stereocenters. The van der Waals surface area contributed by atoms with Crippen LogP contribution in [-0.4, -0.2) is 69.6 Å². The first-order valence-corrected chi connectivity index (χ1v) is 7.98. The molecule has 0 radical (unpaired) electrons. The molecule has 1 N–H and O–H groups in total. The number of amides is 1. The third-order valence-corrected chi connectivity index (χ3v) is 3.94. The Labute approximate surface area is 136 Å². The average molecular weight is 327 g/mol. The van der Waals surface area contributed by atoms with Crippen LogP contribution in [0.25, 0.3) is 0 Å². The van der Waals surface area contributed by atoms with Crippen LogP contribution in [0.5, 0.6) is 0 Å². The van der Waals surface area contributed by atoms with E-state index in [1.54, 1.807) is 11.8 Å². The zero-order chi connectivity index (χ0) is 16.3. The molecule has 0 spiro atoms. The SMILES string of the molecule is CC(O)CN1CCN(C(=O)c2nc(C(C)C)ncc2Cl)CC1. The van der Waals surface area contributed by atoms with Gasteiger partial charge in [0.2, 0.25) is 0 Å². The number of nitrogens with zero attached hydrogens (tertiary/aromatic N) is 4. The lowest BCUT2D eigenvalue weighted by Crippen LogP contribution is -2.50. The second-order valence-corrected chi connectivity index (χ2v) is 6.43. The molecule has 122 valence electrons. The van der Waals surface area contributed by atoms with Gasteiger partial charge in [-0.2, -0.15) is 0 Å². The van der Waals surface area contributed by atoms with Crippen molar-refractivity contribution >= 4 is 17.5 Å². The van der Waals surface area contributed by atoms with Gasteiger partial charge in [-0.1, -0.05) is 25.4 Å². The van der Waals surface area contributed by atoms with Crippen molar-refractivity contribution in [1.82, 2.24) is 19.8 Å². The molecule has 7 heteroatoms. The van der Waals surface area contributed by atoms with Gasteiger partial charge in [0.25, 0.3) is 5.91 Å². The van der Waals surface area contributed by atoms with Crippen molar-refractivity contribution in [2.45, 2.75) is 32.8 Å². The number of halogens is 1. The van der Waals surface area contributed by atoms with E-state index in [0.29, 0.717) is 30.5 Å². The lowest BCUT2D eigenvalue weighted by molar-refractivity contribution is 0.0549. The molecule has 1 aromatic rings. The van der Waals surface area contributed by atoms with Crippen LogP contribution in [0, 0.1) is 0 Å². The quantitative estimate of drug-likeness (QED) is 0.905. The van der Waals surface area contributed by atoms with Crippen LogP contribution in [-0.2, 0) is 0 Å². The van der Waals surface area contributed by atoms with E-state index in [4.69, 9.17) is 11.6 Å². The molecule has 0 saturated carbocycles. The van der Waals surface area contributed by atoms with Crippen molar-refractivity contribution < 1.29 is 9.90 Å². The molecule has 22 heavy (non-hydrogen) atoms. The number of aliphatic hydroxyl groups excluding tert-OH is 1. The van der Waals surface area contributed by atoms with Crippen LogP contribution in [0.15, 0.2) is 6.20 Å². The summed E-state index contributed by atoms with van der Waals surface area (Å²) in [5.74, 6) is 0.623. The summed E-state index contributed by atoms with van der Waals surface area (Å²) >= 11 is 6.10. The van der Waals surface area contributed by atoms with Gasteiger partial charge in [-0.15, -0.1) is 0 Å². The van der Waals surface area contributed by atoms with Gasteiger partial charge in [0.15, 0.2) is 5.69 Å². The Morgan fingerprint density at radius 2 is 1.95 bits per heavy atom. The maximum atomic E-state index is 12.6. The molecule has 2 rings (SSSR count). The molecule has 1 saturated heterocycles. The van der Waals surface area contributed by atoms with Crippen LogP contribution in [0.4, 0.5) is 0 Å². The first kappa shape index (κ1) is 17.1. The summed E-state index contributed by atoms with van der Waals surface area (Å²) in [4.78, 5) is 25.0. The average Bonchev–Trinajstić information content (AvgIpc) is 2.47. The van der Waals surface area contributed by atoms with E-state index >= 15 is 0 Å². The molecule has 1 aliphatic heterocycles. The Kier molecular flexibility index (Phi) is 5.72. The van der Waals surface area contributed by atoms with Gasteiger partial charge in [0.1, 0.15) is 5.82 Å². The zero-order valence-corrected chi connectivity index (χ0v) is 14.0. The highest BCUT2D eigenvalue weighted by molar-refractivity contribution is 6.33. The molecule has 2 heterocycles. The summed E-state index contributed by atoms with van der Waals surface area (Å²) in [5, 5.41) is 9.71. The molecule has 1 fully saturated rings. The van der Waals surface area contributed by atoms with E-state index in [0.717, 1.165) is 13.1 Å². The minimum atomic E-state index is -0.354. The minimum Gasteiger partial charge on any atom is -0.392 e. The fourth-order valence-corrected chi connectivity index (χ4v) is 2.64. The van der Waals surface area contributed by atoms with Crippen molar-refractivity contribution in [2.24, 2.45) is 0 Å². The first-order chi connectivity index (χ1) is 10.4. The lowest BCUT2D eigenvalue weighted by Gasteiger charge is -2.35. The summed E-state index contributed by atoms with van der Waals surface area (Å²) in [6, 6.07) is 0. The van der Waals surface area contributed by atoms with E-state index in [-0.39, 0.29) is 23.6 Å². The largest absolute Gasteiger partial charge is 0.392 e. The maximum Gasteiger partial charge on any atom is 0.274 e. The highest BCUT2D eigenvalue weighted by Gasteiger charge is 2.25. The van der Waals surface area contributed by atoms with Crippen molar-refractivity contribution in [1.29, 1.82) is 0 Å². The summed E-state index contributed by atoms with van der Waals surface area (Å²) in [5.41, 5.74) is 0.282. The normalized spacial score (nSPS) is 17.8. The number of hydrogen-bond donors (Lipinski definition) is 1. The molecular weight excluding hydrogens is 304 g/mol. The van der Waals surface area contributed by atoms with Crippen LogP contribution >= 0.6 is 11.6 Å². The molecule has 0 aliphatic carbocycles. The van der Waals surface area contributed by atoms with Gasteiger partial charge in [0, 0.05) is 38.6 Å². The molecule has 1 amide bonds. The molecule has 1 aliphatic rings. The summed E-state index contributed by atoms with van der Waals surface area (Å²) < 4.78 is 0. The standard InChI is InChI=1S/C15H23ClN4O2/c1-10(2)14-17-8-12(16)13(18-14)15(22)20-6-4-19(5-7-20)9-11(3)21/h8,10-11,21H,4-7,9H2,1-3H3. The predicted molar refractivity (Wildman–Crippen MR) is 85.2 cm³/mol. The Morgan fingerprint density at radius 3 is 2.50 bits per heavy atom. The Morgan fingerprint density at radius 1 is 1.32 bits per heavy atom. The number of aromatic nitrogens is 2. The molecular formula is C15H23ClN4O2. The van der Waals surface area contributed by atoms with E-state index in [9.17, 15) is 9.90 Å². The summed E-state index contributed by atoms with van der Waals surface area (Å²) in [6.07, 6.45) is 1.15. The highest BCUT2D eigenvalue weighted by atomic mass is 35.5. The fraction of sp³-hybridized carbons (Fsp3) is 0.667. The topological polar surface area (TPSA) is 69.6 Å². The minimum absolute atomic E-state index is 0.145. The van der Waals surface area contributed by atoms with Crippen molar-refractivity contribution in [3.63, 3.8) is 0 Å². The van der Waals surface area contributed by atoms with E-state index in [1.807, 2.05) is 13.8 Å². The predicted octanol–water partition coefficient (Wildman–Crippen LogP) is 1.39. The van der Waals surface area contributed by atoms with Gasteiger partial charge in [0.05, 0.1) is 17.3 Å². The highest BCUT2D eigenvalue weighted by Crippen LogP contribution is 2.18. The number of carbonyl (C=O) groups excluding carboxylic acids is 1. The first-order valence-electron chi connectivity index (χ1n) is 7.60. The maximum absolute atomic E-state index is 12.6.